The summed E-state index contributed by atoms with van der Waals surface area (Å²) in [6, 6.07) is 49.3. The van der Waals surface area contributed by atoms with E-state index in [1.165, 1.54) is 46.3 Å². The first-order chi connectivity index (χ1) is 22.8. The average Bonchev–Trinajstić information content (AvgIpc) is 3.53. The van der Waals surface area contributed by atoms with E-state index in [0.717, 1.165) is 33.0 Å². The highest BCUT2D eigenvalue weighted by Gasteiger charge is 2.23. The zero-order chi connectivity index (χ0) is 30.2. The minimum Gasteiger partial charge on any atom is -0.208 e. The standard InChI is InChI=1S/C41H23N3S2/c1-3-10-25(11-4-1)39-42-40(26-12-5-2-6-13-26)44-41(43-39)31-23-28(22-27-14-7-8-16-29(27)31)30-19-21-34-37-36-33(46-38(30)37)20-18-24-15-9-17-32(45-34)35(24)36/h1-23H. The van der Waals surface area contributed by atoms with Crippen LogP contribution in [0, 0.1) is 0 Å². The highest BCUT2D eigenvalue weighted by Crippen LogP contribution is 2.53. The molecule has 9 aromatic rings. The molecule has 3 nitrogen and oxygen atoms in total. The van der Waals surface area contributed by atoms with Gasteiger partial charge in [-0.05, 0) is 57.6 Å². The van der Waals surface area contributed by atoms with Gasteiger partial charge < -0.3 is 0 Å². The van der Waals surface area contributed by atoms with Crippen molar-refractivity contribution in [1.29, 1.82) is 0 Å². The monoisotopic (exact) mass is 621 g/mol. The number of hydrogen-bond acceptors (Lipinski definition) is 5. The van der Waals surface area contributed by atoms with Crippen LogP contribution in [0.5, 0.6) is 0 Å². The van der Waals surface area contributed by atoms with Gasteiger partial charge in [-0.2, -0.15) is 0 Å². The van der Waals surface area contributed by atoms with Gasteiger partial charge in [-0.25, -0.2) is 15.0 Å². The van der Waals surface area contributed by atoms with Crippen molar-refractivity contribution < 1.29 is 0 Å². The van der Waals surface area contributed by atoms with Crippen LogP contribution in [0.25, 0.3) is 87.0 Å². The molecule has 0 saturated carbocycles. The molecule has 0 aliphatic carbocycles. The molecule has 0 amide bonds. The average molecular weight is 622 g/mol. The molecule has 3 heterocycles. The molecule has 1 aliphatic rings. The van der Waals surface area contributed by atoms with Crippen molar-refractivity contribution in [3.8, 4) is 45.3 Å². The van der Waals surface area contributed by atoms with Gasteiger partial charge in [0.15, 0.2) is 17.5 Å². The lowest BCUT2D eigenvalue weighted by molar-refractivity contribution is 1.08. The Balaban J connectivity index is 1.25. The summed E-state index contributed by atoms with van der Waals surface area (Å²) in [5, 5.41) is 7.73. The maximum Gasteiger partial charge on any atom is 0.164 e. The summed E-state index contributed by atoms with van der Waals surface area (Å²) in [6.45, 7) is 0. The van der Waals surface area contributed by atoms with E-state index in [1.807, 2.05) is 59.5 Å². The molecule has 0 spiro atoms. The van der Waals surface area contributed by atoms with E-state index in [2.05, 4.69) is 103 Å². The zero-order valence-electron chi connectivity index (χ0n) is 24.4. The maximum absolute atomic E-state index is 5.11. The van der Waals surface area contributed by atoms with Crippen LogP contribution in [0.4, 0.5) is 0 Å². The molecule has 10 rings (SSSR count). The van der Waals surface area contributed by atoms with Crippen LogP contribution in [0.15, 0.2) is 149 Å². The lowest BCUT2D eigenvalue weighted by Gasteiger charge is -2.16. The molecule has 0 atom stereocenters. The van der Waals surface area contributed by atoms with E-state index in [0.29, 0.717) is 17.5 Å². The second kappa shape index (κ2) is 10.1. The van der Waals surface area contributed by atoms with Gasteiger partial charge in [0.2, 0.25) is 0 Å². The van der Waals surface area contributed by atoms with Crippen LogP contribution in [-0.4, -0.2) is 15.0 Å². The van der Waals surface area contributed by atoms with E-state index >= 15 is 0 Å². The van der Waals surface area contributed by atoms with Gasteiger partial charge in [0.25, 0.3) is 0 Å². The summed E-state index contributed by atoms with van der Waals surface area (Å²) in [6.07, 6.45) is 0. The highest BCUT2D eigenvalue weighted by molar-refractivity contribution is 8.00. The Hall–Kier alpha value is -5.36. The number of hydrogen-bond donors (Lipinski definition) is 0. The Morgan fingerprint density at radius 3 is 1.87 bits per heavy atom. The van der Waals surface area contributed by atoms with E-state index in [9.17, 15) is 0 Å². The Morgan fingerprint density at radius 2 is 1.09 bits per heavy atom. The second-order valence-electron chi connectivity index (χ2n) is 11.6. The molecule has 5 heteroatoms. The third-order valence-electron chi connectivity index (χ3n) is 8.88. The van der Waals surface area contributed by atoms with Crippen LogP contribution >= 0.6 is 23.1 Å². The van der Waals surface area contributed by atoms with Crippen LogP contribution in [-0.2, 0) is 0 Å². The first-order valence-corrected chi connectivity index (χ1v) is 16.9. The maximum atomic E-state index is 5.11. The zero-order valence-corrected chi connectivity index (χ0v) is 26.1. The van der Waals surface area contributed by atoms with Gasteiger partial charge in [0.05, 0.1) is 0 Å². The van der Waals surface area contributed by atoms with Crippen molar-refractivity contribution in [1.82, 2.24) is 15.0 Å². The van der Waals surface area contributed by atoms with Crippen LogP contribution in [0.3, 0.4) is 0 Å². The fourth-order valence-electron chi connectivity index (χ4n) is 6.77. The molecule has 214 valence electrons. The molecule has 0 bridgehead atoms. The minimum atomic E-state index is 0.664. The predicted molar refractivity (Wildman–Crippen MR) is 194 cm³/mol. The quantitative estimate of drug-likeness (QED) is 0.196. The second-order valence-corrected chi connectivity index (χ2v) is 13.7. The first kappa shape index (κ1) is 25.9. The first-order valence-electron chi connectivity index (χ1n) is 15.3. The van der Waals surface area contributed by atoms with Crippen molar-refractivity contribution in [2.75, 3.05) is 0 Å². The van der Waals surface area contributed by atoms with Gasteiger partial charge in [-0.3, -0.25) is 0 Å². The number of aromatic nitrogens is 3. The molecule has 7 aromatic carbocycles. The van der Waals surface area contributed by atoms with Crippen molar-refractivity contribution in [3.05, 3.63) is 140 Å². The van der Waals surface area contributed by atoms with Crippen molar-refractivity contribution >= 4 is 64.8 Å². The molecule has 0 saturated heterocycles. The Kier molecular flexibility index (Phi) is 5.68. The fraction of sp³-hybridized carbons (Fsp3) is 0. The molecular formula is C41H23N3S2. The molecule has 0 fully saturated rings. The molecule has 0 N–H and O–H groups in total. The lowest BCUT2D eigenvalue weighted by Crippen LogP contribution is -2.00. The Bertz CT molecular complexity index is 2610. The van der Waals surface area contributed by atoms with E-state index in [1.54, 1.807) is 0 Å². The molecular weight excluding hydrogens is 599 g/mol. The topological polar surface area (TPSA) is 38.7 Å². The van der Waals surface area contributed by atoms with Crippen molar-refractivity contribution in [2.24, 2.45) is 0 Å². The van der Waals surface area contributed by atoms with Gasteiger partial charge in [-0.15, -0.1) is 11.3 Å². The van der Waals surface area contributed by atoms with E-state index < -0.39 is 0 Å². The molecule has 46 heavy (non-hydrogen) atoms. The summed E-state index contributed by atoms with van der Waals surface area (Å²) in [4.78, 5) is 17.8. The number of thiophene rings is 1. The van der Waals surface area contributed by atoms with Gasteiger partial charge in [-0.1, -0.05) is 121 Å². The summed E-state index contributed by atoms with van der Waals surface area (Å²) < 4.78 is 2.66. The molecule has 0 radical (unpaired) electrons. The third-order valence-corrected chi connectivity index (χ3v) is 11.2. The van der Waals surface area contributed by atoms with Crippen LogP contribution < -0.4 is 0 Å². The Labute approximate surface area is 273 Å². The number of rotatable bonds is 4. The molecule has 0 unspecified atom stereocenters. The SMILES string of the molecule is c1ccc(-c2nc(-c3ccccc3)nc(-c3cc(-c4ccc5c6c4sc4ccc7cccc(c7c46)S5)cc4ccccc34)n2)cc1. The minimum absolute atomic E-state index is 0.664. The molecule has 1 aliphatic heterocycles. The highest BCUT2D eigenvalue weighted by atomic mass is 32.2. The van der Waals surface area contributed by atoms with E-state index in [4.69, 9.17) is 15.0 Å². The Morgan fingerprint density at radius 1 is 0.413 bits per heavy atom. The summed E-state index contributed by atoms with van der Waals surface area (Å²) in [5.74, 6) is 2.00. The van der Waals surface area contributed by atoms with Crippen LogP contribution in [0.1, 0.15) is 0 Å². The largest absolute Gasteiger partial charge is 0.208 e. The lowest BCUT2D eigenvalue weighted by atomic mass is 9.94. The number of nitrogens with zero attached hydrogens (tertiary/aromatic N) is 3. The van der Waals surface area contributed by atoms with Crippen molar-refractivity contribution in [2.45, 2.75) is 9.79 Å². The smallest absolute Gasteiger partial charge is 0.164 e. The van der Waals surface area contributed by atoms with E-state index in [-0.39, 0.29) is 0 Å². The predicted octanol–water partition coefficient (Wildman–Crippen LogP) is 11.7. The fourth-order valence-corrected chi connectivity index (χ4v) is 9.26. The van der Waals surface area contributed by atoms with Gasteiger partial charge in [0.1, 0.15) is 0 Å². The van der Waals surface area contributed by atoms with Crippen molar-refractivity contribution in [3.63, 3.8) is 0 Å². The van der Waals surface area contributed by atoms with Crippen LogP contribution in [0.2, 0.25) is 0 Å². The summed E-state index contributed by atoms with van der Waals surface area (Å²) in [5.41, 5.74) is 5.32. The van der Waals surface area contributed by atoms with Gasteiger partial charge >= 0.3 is 0 Å². The molecule has 2 aromatic heterocycles. The summed E-state index contributed by atoms with van der Waals surface area (Å²) >= 11 is 3.79. The number of fused-ring (bicyclic) bond motifs is 1. The third kappa shape index (κ3) is 3.96. The van der Waals surface area contributed by atoms with Gasteiger partial charge in [0, 0.05) is 52.0 Å². The normalized spacial score (nSPS) is 12.3. The summed E-state index contributed by atoms with van der Waals surface area (Å²) in [7, 11) is 0. The number of benzene rings is 7.